The van der Waals surface area contributed by atoms with Crippen molar-refractivity contribution in [3.05, 3.63) is 0 Å². The highest BCUT2D eigenvalue weighted by Crippen LogP contribution is 2.65. The monoisotopic (exact) mass is 195 g/mol. The average molecular weight is 195 g/mol. The number of fused-ring (bicyclic) bond motifs is 2. The van der Waals surface area contributed by atoms with Gasteiger partial charge in [-0.05, 0) is 49.0 Å². The van der Waals surface area contributed by atoms with Crippen LogP contribution in [0.2, 0.25) is 0 Å². The van der Waals surface area contributed by atoms with Crippen LogP contribution in [-0.2, 0) is 0 Å². The van der Waals surface area contributed by atoms with Gasteiger partial charge in [0.2, 0.25) is 0 Å². The Labute approximate surface area is 88.7 Å². The number of hydrogen-bond acceptors (Lipinski definition) is 1. The van der Waals surface area contributed by atoms with Crippen LogP contribution in [0, 0.1) is 16.7 Å². The summed E-state index contributed by atoms with van der Waals surface area (Å²) in [7, 11) is 0. The lowest BCUT2D eigenvalue weighted by Crippen LogP contribution is -2.44. The zero-order chi connectivity index (χ0) is 10.4. The Bertz CT molecular complexity index is 221. The van der Waals surface area contributed by atoms with Crippen molar-refractivity contribution in [2.45, 2.75) is 59.4 Å². The summed E-state index contributed by atoms with van der Waals surface area (Å²) in [6, 6.07) is 0.788. The normalized spacial score (nSPS) is 44.6. The standard InChI is InChI=1S/C13H25N/c1-5-8-14-11-9-10-6-7-13(11,4)12(10,2)3/h10-11,14H,5-9H2,1-4H3/t10-,11-,13-/m0/s1. The van der Waals surface area contributed by atoms with Gasteiger partial charge in [0.15, 0.2) is 0 Å². The van der Waals surface area contributed by atoms with E-state index in [4.69, 9.17) is 0 Å². The van der Waals surface area contributed by atoms with Crippen molar-refractivity contribution >= 4 is 0 Å². The van der Waals surface area contributed by atoms with Gasteiger partial charge in [0.05, 0.1) is 0 Å². The third kappa shape index (κ3) is 1.18. The molecule has 0 saturated heterocycles. The molecule has 0 spiro atoms. The minimum atomic E-state index is 0.562. The molecule has 0 aromatic heterocycles. The molecule has 0 unspecified atom stereocenters. The molecule has 0 amide bonds. The Kier molecular flexibility index (Phi) is 2.42. The largest absolute Gasteiger partial charge is 0.313 e. The van der Waals surface area contributed by atoms with Crippen molar-refractivity contribution < 1.29 is 0 Å². The van der Waals surface area contributed by atoms with Gasteiger partial charge in [0.1, 0.15) is 0 Å². The Morgan fingerprint density at radius 1 is 1.29 bits per heavy atom. The maximum Gasteiger partial charge on any atom is 0.0129 e. The molecule has 1 heteroatoms. The van der Waals surface area contributed by atoms with Crippen molar-refractivity contribution in [3.63, 3.8) is 0 Å². The predicted molar refractivity (Wildman–Crippen MR) is 61.3 cm³/mol. The maximum atomic E-state index is 3.76. The molecular weight excluding hydrogens is 170 g/mol. The summed E-state index contributed by atoms with van der Waals surface area (Å²) in [6.07, 6.45) is 5.58. The van der Waals surface area contributed by atoms with Crippen molar-refractivity contribution in [1.29, 1.82) is 0 Å². The first-order valence-corrected chi connectivity index (χ1v) is 6.25. The lowest BCUT2D eigenvalue weighted by molar-refractivity contribution is 0.121. The third-order valence-corrected chi connectivity index (χ3v) is 5.43. The first-order valence-electron chi connectivity index (χ1n) is 6.25. The van der Waals surface area contributed by atoms with Crippen molar-refractivity contribution in [2.75, 3.05) is 6.54 Å². The van der Waals surface area contributed by atoms with Gasteiger partial charge in [0.25, 0.3) is 0 Å². The van der Waals surface area contributed by atoms with E-state index in [1.165, 1.54) is 32.2 Å². The predicted octanol–water partition coefficient (Wildman–Crippen LogP) is 3.20. The second-order valence-corrected chi connectivity index (χ2v) is 6.12. The van der Waals surface area contributed by atoms with Gasteiger partial charge < -0.3 is 5.32 Å². The zero-order valence-corrected chi connectivity index (χ0v) is 10.2. The van der Waals surface area contributed by atoms with Gasteiger partial charge in [-0.1, -0.05) is 27.7 Å². The van der Waals surface area contributed by atoms with Gasteiger partial charge in [-0.2, -0.15) is 0 Å². The molecule has 0 radical (unpaired) electrons. The molecule has 2 saturated carbocycles. The van der Waals surface area contributed by atoms with Gasteiger partial charge in [-0.15, -0.1) is 0 Å². The summed E-state index contributed by atoms with van der Waals surface area (Å²) >= 11 is 0. The topological polar surface area (TPSA) is 12.0 Å². The fourth-order valence-corrected chi connectivity index (χ4v) is 3.83. The summed E-state index contributed by atoms with van der Waals surface area (Å²) in [4.78, 5) is 0. The molecular formula is C13H25N. The Morgan fingerprint density at radius 2 is 2.00 bits per heavy atom. The number of nitrogens with one attached hydrogen (secondary N) is 1. The molecule has 82 valence electrons. The van der Waals surface area contributed by atoms with Gasteiger partial charge >= 0.3 is 0 Å². The smallest absolute Gasteiger partial charge is 0.0129 e. The molecule has 3 atom stereocenters. The molecule has 2 fully saturated rings. The highest BCUT2D eigenvalue weighted by atomic mass is 15.0. The second kappa shape index (κ2) is 3.23. The van der Waals surface area contributed by atoms with Crippen molar-refractivity contribution in [1.82, 2.24) is 5.32 Å². The lowest BCUT2D eigenvalue weighted by atomic mass is 9.69. The van der Waals surface area contributed by atoms with Crippen LogP contribution < -0.4 is 5.32 Å². The zero-order valence-electron chi connectivity index (χ0n) is 10.2. The highest BCUT2D eigenvalue weighted by Gasteiger charge is 2.60. The summed E-state index contributed by atoms with van der Waals surface area (Å²) in [5.74, 6) is 0.974. The number of rotatable bonds is 3. The second-order valence-electron chi connectivity index (χ2n) is 6.12. The molecule has 0 aromatic rings. The van der Waals surface area contributed by atoms with Gasteiger partial charge in [0, 0.05) is 6.04 Å². The molecule has 2 bridgehead atoms. The van der Waals surface area contributed by atoms with E-state index in [0.717, 1.165) is 12.0 Å². The van der Waals surface area contributed by atoms with Crippen LogP contribution in [0.5, 0.6) is 0 Å². The van der Waals surface area contributed by atoms with Crippen LogP contribution in [0.4, 0.5) is 0 Å². The van der Waals surface area contributed by atoms with E-state index in [1.807, 2.05) is 0 Å². The fourth-order valence-electron chi connectivity index (χ4n) is 3.83. The minimum absolute atomic E-state index is 0.562. The Hall–Kier alpha value is -0.0400. The highest BCUT2D eigenvalue weighted by molar-refractivity contribution is 5.12. The summed E-state index contributed by atoms with van der Waals surface area (Å²) in [5, 5.41) is 3.76. The van der Waals surface area contributed by atoms with Crippen LogP contribution in [0.3, 0.4) is 0 Å². The van der Waals surface area contributed by atoms with Crippen molar-refractivity contribution in [2.24, 2.45) is 16.7 Å². The summed E-state index contributed by atoms with van der Waals surface area (Å²) in [5.41, 5.74) is 1.13. The molecule has 1 nitrogen and oxygen atoms in total. The van der Waals surface area contributed by atoms with Crippen LogP contribution >= 0.6 is 0 Å². The Balaban J connectivity index is 2.11. The molecule has 14 heavy (non-hydrogen) atoms. The van der Waals surface area contributed by atoms with Crippen LogP contribution in [-0.4, -0.2) is 12.6 Å². The van der Waals surface area contributed by atoms with E-state index in [9.17, 15) is 0 Å². The lowest BCUT2D eigenvalue weighted by Gasteiger charge is -2.39. The SMILES string of the molecule is CCCN[C@H]1C[C@@H]2CC[C@]1(C)C2(C)C. The van der Waals surface area contributed by atoms with E-state index in [1.54, 1.807) is 0 Å². The molecule has 0 aliphatic heterocycles. The minimum Gasteiger partial charge on any atom is -0.313 e. The first kappa shape index (κ1) is 10.5. The average Bonchev–Trinajstić information content (AvgIpc) is 2.46. The number of hydrogen-bond donors (Lipinski definition) is 1. The van der Waals surface area contributed by atoms with Crippen LogP contribution in [0.25, 0.3) is 0 Å². The van der Waals surface area contributed by atoms with Gasteiger partial charge in [-0.25, -0.2) is 0 Å². The van der Waals surface area contributed by atoms with Crippen LogP contribution in [0.1, 0.15) is 53.4 Å². The van der Waals surface area contributed by atoms with E-state index >= 15 is 0 Å². The quantitative estimate of drug-likeness (QED) is 0.729. The van der Waals surface area contributed by atoms with E-state index < -0.39 is 0 Å². The molecule has 1 N–H and O–H groups in total. The molecule has 2 rings (SSSR count). The van der Waals surface area contributed by atoms with E-state index in [0.29, 0.717) is 10.8 Å². The molecule has 0 heterocycles. The van der Waals surface area contributed by atoms with E-state index in [2.05, 4.69) is 33.0 Å². The maximum absolute atomic E-state index is 3.76. The van der Waals surface area contributed by atoms with Gasteiger partial charge in [-0.3, -0.25) is 0 Å². The molecule has 2 aliphatic carbocycles. The fraction of sp³-hybridized carbons (Fsp3) is 1.00. The Morgan fingerprint density at radius 3 is 2.43 bits per heavy atom. The first-order chi connectivity index (χ1) is 6.52. The van der Waals surface area contributed by atoms with Crippen LogP contribution in [0.15, 0.2) is 0 Å². The summed E-state index contributed by atoms with van der Waals surface area (Å²) in [6.45, 7) is 10.9. The third-order valence-electron chi connectivity index (χ3n) is 5.43. The molecule has 2 aliphatic rings. The van der Waals surface area contributed by atoms with Crippen molar-refractivity contribution in [3.8, 4) is 0 Å². The molecule has 0 aromatic carbocycles. The summed E-state index contributed by atoms with van der Waals surface area (Å²) < 4.78 is 0. The van der Waals surface area contributed by atoms with E-state index in [-0.39, 0.29) is 0 Å².